The van der Waals surface area contributed by atoms with Gasteiger partial charge in [0.25, 0.3) is 5.91 Å². The summed E-state index contributed by atoms with van der Waals surface area (Å²) in [5.74, 6) is 0.821. The summed E-state index contributed by atoms with van der Waals surface area (Å²) in [6, 6.07) is 15.0. The van der Waals surface area contributed by atoms with E-state index in [-0.39, 0.29) is 17.7 Å². The number of nitrogens with zero attached hydrogens (tertiary/aromatic N) is 1. The number of anilines is 2. The second kappa shape index (κ2) is 8.89. The summed E-state index contributed by atoms with van der Waals surface area (Å²) in [7, 11) is 1.67. The Bertz CT molecular complexity index is 844. The molecule has 2 aromatic carbocycles. The summed E-state index contributed by atoms with van der Waals surface area (Å²) >= 11 is 0. The average molecular weight is 382 g/mol. The zero-order chi connectivity index (χ0) is 20.1. The first-order chi connectivity index (χ1) is 13.5. The Morgan fingerprint density at radius 2 is 1.82 bits per heavy atom. The van der Waals surface area contributed by atoms with Crippen LogP contribution in [0.1, 0.15) is 24.2 Å². The zero-order valence-corrected chi connectivity index (χ0v) is 16.7. The highest BCUT2D eigenvalue weighted by atomic mass is 16.5. The van der Waals surface area contributed by atoms with Crippen molar-refractivity contribution in [1.82, 2.24) is 0 Å². The summed E-state index contributed by atoms with van der Waals surface area (Å²) in [6.07, 6.45) is 0. The molecule has 1 amide bonds. The maximum absolute atomic E-state index is 12.7. The normalized spacial score (nSPS) is 15.8. The van der Waals surface area contributed by atoms with E-state index in [1.54, 1.807) is 25.3 Å². The maximum Gasteiger partial charge on any atom is 0.282 e. The number of carbonyl (C=O) groups is 2. The van der Waals surface area contributed by atoms with Crippen molar-refractivity contribution in [1.29, 1.82) is 0 Å². The fraction of sp³-hybridized carbons (Fsp3) is 0.364. The van der Waals surface area contributed by atoms with Crippen molar-refractivity contribution in [3.63, 3.8) is 0 Å². The Morgan fingerprint density at radius 3 is 2.50 bits per heavy atom. The standard InChI is InChI=1S/C22H27N3O3/c1-16(22(27)23-19-7-4-6-18(14-19)17(2)26)24-10-12-25(13-11-24)20-8-5-9-21(15-20)28-3/h4-9,14-16H,10-13H2,1-3H3,(H,23,27)/p+1/t16-/m1/s1. The number of nitrogens with one attached hydrogen (secondary N) is 2. The number of piperazine rings is 1. The molecule has 2 N–H and O–H groups in total. The highest BCUT2D eigenvalue weighted by molar-refractivity contribution is 5.97. The van der Waals surface area contributed by atoms with Crippen molar-refractivity contribution >= 4 is 23.1 Å². The van der Waals surface area contributed by atoms with Gasteiger partial charge in [-0.2, -0.15) is 0 Å². The number of amides is 1. The van der Waals surface area contributed by atoms with E-state index in [1.165, 1.54) is 11.8 Å². The Labute approximate surface area is 166 Å². The molecular weight excluding hydrogens is 354 g/mol. The molecule has 1 atom stereocenters. The van der Waals surface area contributed by atoms with E-state index in [4.69, 9.17) is 4.74 Å². The highest BCUT2D eigenvalue weighted by Gasteiger charge is 2.29. The number of quaternary nitrogens is 1. The summed E-state index contributed by atoms with van der Waals surface area (Å²) in [4.78, 5) is 27.8. The van der Waals surface area contributed by atoms with Crippen LogP contribution in [0.5, 0.6) is 5.75 Å². The molecule has 0 unspecified atom stereocenters. The van der Waals surface area contributed by atoms with E-state index < -0.39 is 0 Å². The number of hydrogen-bond acceptors (Lipinski definition) is 4. The van der Waals surface area contributed by atoms with Gasteiger partial charge in [-0.15, -0.1) is 0 Å². The number of methoxy groups -OCH3 is 1. The van der Waals surface area contributed by atoms with E-state index in [0.717, 1.165) is 37.6 Å². The lowest BCUT2D eigenvalue weighted by Gasteiger charge is -2.36. The molecule has 1 fully saturated rings. The molecule has 6 nitrogen and oxygen atoms in total. The van der Waals surface area contributed by atoms with Crippen LogP contribution < -0.4 is 19.9 Å². The minimum atomic E-state index is -0.159. The van der Waals surface area contributed by atoms with E-state index in [9.17, 15) is 9.59 Å². The first kappa shape index (κ1) is 19.9. The van der Waals surface area contributed by atoms with Crippen LogP contribution in [0.4, 0.5) is 11.4 Å². The molecule has 0 aliphatic carbocycles. The lowest BCUT2D eigenvalue weighted by molar-refractivity contribution is -0.914. The van der Waals surface area contributed by atoms with Gasteiger partial charge in [-0.3, -0.25) is 9.59 Å². The second-order valence-corrected chi connectivity index (χ2v) is 7.19. The van der Waals surface area contributed by atoms with Gasteiger partial charge in [0.2, 0.25) is 0 Å². The second-order valence-electron chi connectivity index (χ2n) is 7.19. The van der Waals surface area contributed by atoms with Gasteiger partial charge in [0.05, 0.1) is 33.3 Å². The molecule has 0 saturated carbocycles. The number of carbonyl (C=O) groups excluding carboxylic acids is 2. The van der Waals surface area contributed by atoms with Crippen LogP contribution in [0.3, 0.4) is 0 Å². The number of hydrogen-bond donors (Lipinski definition) is 2. The number of ether oxygens (including phenoxy) is 1. The molecular formula is C22H28N3O3+. The Hall–Kier alpha value is -2.86. The predicted octanol–water partition coefficient (Wildman–Crippen LogP) is 1.63. The molecule has 1 aliphatic rings. The number of rotatable bonds is 6. The molecule has 6 heteroatoms. The minimum Gasteiger partial charge on any atom is -0.497 e. The van der Waals surface area contributed by atoms with Crippen molar-refractivity contribution in [3.8, 4) is 5.75 Å². The van der Waals surface area contributed by atoms with Gasteiger partial charge in [-0.25, -0.2) is 0 Å². The van der Waals surface area contributed by atoms with Crippen LogP contribution in [-0.2, 0) is 4.79 Å². The molecule has 0 aromatic heterocycles. The third-order valence-corrected chi connectivity index (χ3v) is 5.37. The number of Topliss-reactive ketones (excluding diaryl/α,β-unsaturated/α-hetero) is 1. The van der Waals surface area contributed by atoms with Crippen molar-refractivity contribution < 1.29 is 19.2 Å². The Kier molecular flexibility index (Phi) is 6.31. The predicted molar refractivity (Wildman–Crippen MR) is 110 cm³/mol. The van der Waals surface area contributed by atoms with Gasteiger partial charge in [0, 0.05) is 23.0 Å². The van der Waals surface area contributed by atoms with Gasteiger partial charge in [-0.1, -0.05) is 18.2 Å². The smallest absolute Gasteiger partial charge is 0.282 e. The minimum absolute atomic E-state index is 0.0107. The quantitative estimate of drug-likeness (QED) is 0.746. The van der Waals surface area contributed by atoms with Crippen molar-refractivity contribution in [2.45, 2.75) is 19.9 Å². The maximum atomic E-state index is 12.7. The fourth-order valence-electron chi connectivity index (χ4n) is 3.54. The molecule has 1 saturated heterocycles. The van der Waals surface area contributed by atoms with Crippen LogP contribution in [0.2, 0.25) is 0 Å². The Morgan fingerprint density at radius 1 is 1.11 bits per heavy atom. The van der Waals surface area contributed by atoms with E-state index in [2.05, 4.69) is 16.3 Å². The van der Waals surface area contributed by atoms with Crippen LogP contribution in [0.25, 0.3) is 0 Å². The lowest BCUT2D eigenvalue weighted by Crippen LogP contribution is -3.19. The SMILES string of the molecule is COc1cccc(N2CC[NH+]([C@H](C)C(=O)Nc3cccc(C(C)=O)c3)CC2)c1. The van der Waals surface area contributed by atoms with Gasteiger partial charge in [0.15, 0.2) is 11.8 Å². The van der Waals surface area contributed by atoms with E-state index in [0.29, 0.717) is 11.3 Å². The van der Waals surface area contributed by atoms with Crippen molar-refractivity contribution in [2.75, 3.05) is 43.5 Å². The monoisotopic (exact) mass is 382 g/mol. The van der Waals surface area contributed by atoms with E-state index >= 15 is 0 Å². The third kappa shape index (κ3) is 4.70. The van der Waals surface area contributed by atoms with Crippen LogP contribution >= 0.6 is 0 Å². The third-order valence-electron chi connectivity index (χ3n) is 5.37. The first-order valence-corrected chi connectivity index (χ1v) is 9.63. The molecule has 0 bridgehead atoms. The largest absolute Gasteiger partial charge is 0.497 e. The van der Waals surface area contributed by atoms with Gasteiger partial charge in [0.1, 0.15) is 5.75 Å². The summed E-state index contributed by atoms with van der Waals surface area (Å²) in [5, 5.41) is 2.95. The molecule has 2 aromatic rings. The van der Waals surface area contributed by atoms with Gasteiger partial charge >= 0.3 is 0 Å². The molecule has 0 radical (unpaired) electrons. The van der Waals surface area contributed by atoms with E-state index in [1.807, 2.05) is 31.2 Å². The summed E-state index contributed by atoms with van der Waals surface area (Å²) < 4.78 is 5.31. The van der Waals surface area contributed by atoms with Gasteiger partial charge < -0.3 is 19.9 Å². The summed E-state index contributed by atoms with van der Waals surface area (Å²) in [5.41, 5.74) is 2.42. The van der Waals surface area contributed by atoms with Crippen LogP contribution in [0, 0.1) is 0 Å². The fourth-order valence-corrected chi connectivity index (χ4v) is 3.54. The molecule has 1 aliphatic heterocycles. The van der Waals surface area contributed by atoms with Crippen molar-refractivity contribution in [2.24, 2.45) is 0 Å². The highest BCUT2D eigenvalue weighted by Crippen LogP contribution is 2.20. The molecule has 28 heavy (non-hydrogen) atoms. The lowest BCUT2D eigenvalue weighted by atomic mass is 10.1. The van der Waals surface area contributed by atoms with Crippen molar-refractivity contribution in [3.05, 3.63) is 54.1 Å². The Balaban J connectivity index is 1.57. The average Bonchev–Trinajstić information content (AvgIpc) is 2.73. The topological polar surface area (TPSA) is 63.1 Å². The molecule has 0 spiro atoms. The molecule has 3 rings (SSSR count). The summed E-state index contributed by atoms with van der Waals surface area (Å²) in [6.45, 7) is 7.04. The first-order valence-electron chi connectivity index (χ1n) is 9.63. The van der Waals surface area contributed by atoms with Crippen LogP contribution in [-0.4, -0.2) is 51.0 Å². The molecule has 148 valence electrons. The number of benzene rings is 2. The van der Waals surface area contributed by atoms with Gasteiger partial charge in [-0.05, 0) is 38.1 Å². The zero-order valence-electron chi connectivity index (χ0n) is 16.7. The van der Waals surface area contributed by atoms with Crippen LogP contribution in [0.15, 0.2) is 48.5 Å². The number of ketones is 1. The molecule has 1 heterocycles.